The van der Waals surface area contributed by atoms with Gasteiger partial charge in [-0.25, -0.2) is 0 Å². The van der Waals surface area contributed by atoms with Crippen LogP contribution in [-0.2, 0) is 0 Å². The second kappa shape index (κ2) is 7.05. The number of hydrazine groups is 1. The average Bonchev–Trinajstić information content (AvgIpc) is 3.33. The lowest BCUT2D eigenvalue weighted by Crippen LogP contribution is -2.41. The lowest BCUT2D eigenvalue weighted by molar-refractivity contribution is 0.0846. The van der Waals surface area contributed by atoms with E-state index in [1.807, 2.05) is 0 Å². The van der Waals surface area contributed by atoms with Crippen LogP contribution < -0.4 is 16.2 Å². The molecule has 0 spiro atoms. The lowest BCUT2D eigenvalue weighted by Gasteiger charge is -2.05. The van der Waals surface area contributed by atoms with Crippen molar-refractivity contribution in [3.63, 3.8) is 0 Å². The number of rotatable bonds is 4. The number of furan rings is 1. The molecule has 3 amide bonds. The van der Waals surface area contributed by atoms with Crippen molar-refractivity contribution in [1.29, 1.82) is 0 Å². The molecule has 9 heteroatoms. The van der Waals surface area contributed by atoms with Crippen LogP contribution in [0.25, 0.3) is 0 Å². The third-order valence-electron chi connectivity index (χ3n) is 3.24. The van der Waals surface area contributed by atoms with E-state index in [-0.39, 0.29) is 5.76 Å². The molecule has 0 radical (unpaired) electrons. The zero-order valence-corrected chi connectivity index (χ0v) is 13.9. The topological polar surface area (TPSA) is 116 Å². The number of carbonyl (C=O) groups is 3. The fraction of sp³-hybridized carbons (Fsp3) is 0.0625. The van der Waals surface area contributed by atoms with Gasteiger partial charge in [0.15, 0.2) is 5.76 Å². The molecule has 3 rings (SSSR count). The van der Waals surface area contributed by atoms with Crippen LogP contribution in [0.4, 0.5) is 5.00 Å². The van der Waals surface area contributed by atoms with Crippen LogP contribution in [0.2, 0.25) is 0 Å². The molecule has 0 aliphatic carbocycles. The molecule has 0 saturated heterocycles. The average molecular weight is 358 g/mol. The maximum Gasteiger partial charge on any atom is 0.291 e. The predicted molar refractivity (Wildman–Crippen MR) is 91.4 cm³/mol. The molecule has 0 aliphatic rings. The Hall–Kier alpha value is -3.33. The first-order valence-electron chi connectivity index (χ1n) is 7.24. The van der Waals surface area contributed by atoms with E-state index in [1.54, 1.807) is 43.5 Å². The summed E-state index contributed by atoms with van der Waals surface area (Å²) in [6, 6.07) is 8.08. The van der Waals surface area contributed by atoms with Gasteiger partial charge in [-0.3, -0.25) is 25.2 Å². The van der Waals surface area contributed by atoms with Gasteiger partial charge in [-0.15, -0.1) is 11.3 Å². The maximum absolute atomic E-state index is 12.2. The van der Waals surface area contributed by atoms with Gasteiger partial charge in [0, 0.05) is 6.20 Å². The first kappa shape index (κ1) is 16.5. The molecule has 0 aromatic carbocycles. The second-order valence-corrected chi connectivity index (χ2v) is 6.10. The minimum atomic E-state index is -0.471. The number of aryl methyl sites for hydroxylation is 1. The molecule has 8 nitrogen and oxygen atoms in total. The Morgan fingerprint density at radius 1 is 1.08 bits per heavy atom. The Morgan fingerprint density at radius 3 is 2.56 bits per heavy atom. The second-order valence-electron chi connectivity index (χ2n) is 5.05. The Bertz CT molecular complexity index is 897. The monoisotopic (exact) mass is 358 g/mol. The molecule has 0 atom stereocenters. The Kier molecular flexibility index (Phi) is 4.66. The summed E-state index contributed by atoms with van der Waals surface area (Å²) in [6.07, 6.45) is 3.01. The van der Waals surface area contributed by atoms with Crippen LogP contribution in [0, 0.1) is 6.92 Å². The number of aromatic nitrogens is 1. The number of anilines is 1. The summed E-state index contributed by atoms with van der Waals surface area (Å²) in [6.45, 7) is 1.74. The first-order chi connectivity index (χ1) is 12.0. The summed E-state index contributed by atoms with van der Waals surface area (Å²) in [4.78, 5) is 39.1. The minimum Gasteiger partial charge on any atom is -0.459 e. The molecule has 3 aromatic rings. The van der Waals surface area contributed by atoms with E-state index in [9.17, 15) is 14.4 Å². The molecule has 0 unspecified atom stereocenters. The zero-order valence-electron chi connectivity index (χ0n) is 13.1. The largest absolute Gasteiger partial charge is 0.459 e. The molecule has 0 bridgehead atoms. The van der Waals surface area contributed by atoms with Crippen LogP contribution in [0.5, 0.6) is 0 Å². The van der Waals surface area contributed by atoms with Gasteiger partial charge < -0.3 is 14.7 Å². The summed E-state index contributed by atoms with van der Waals surface area (Å²) in [5.74, 6) is -1.16. The number of H-pyrrole nitrogens is 1. The highest BCUT2D eigenvalue weighted by atomic mass is 32.1. The van der Waals surface area contributed by atoms with Gasteiger partial charge in [0.2, 0.25) is 0 Å². The van der Waals surface area contributed by atoms with Crippen molar-refractivity contribution in [3.8, 4) is 0 Å². The Morgan fingerprint density at radius 2 is 1.88 bits per heavy atom. The lowest BCUT2D eigenvalue weighted by atomic mass is 10.3. The smallest absolute Gasteiger partial charge is 0.291 e. The van der Waals surface area contributed by atoms with E-state index in [1.165, 1.54) is 6.26 Å². The van der Waals surface area contributed by atoms with E-state index in [2.05, 4.69) is 21.2 Å². The van der Waals surface area contributed by atoms with Crippen molar-refractivity contribution in [3.05, 3.63) is 64.7 Å². The summed E-state index contributed by atoms with van der Waals surface area (Å²) in [5.41, 5.74) is 5.66. The standard InChI is InChI=1S/C16H14N4O4S/c1-9-8-12(18-15(22)11-5-3-7-24-11)25-13(9)16(23)20-19-14(21)10-4-2-6-17-10/h2-8,17H,1H3,(H,18,22)(H,19,21)(H,20,23). The van der Waals surface area contributed by atoms with Crippen molar-refractivity contribution >= 4 is 34.1 Å². The third kappa shape index (κ3) is 3.78. The van der Waals surface area contributed by atoms with Crippen LogP contribution in [0.15, 0.2) is 47.2 Å². The minimum absolute atomic E-state index is 0.176. The number of thiophene rings is 1. The molecule has 128 valence electrons. The van der Waals surface area contributed by atoms with Gasteiger partial charge in [-0.1, -0.05) is 0 Å². The Labute approximate surface area is 146 Å². The third-order valence-corrected chi connectivity index (χ3v) is 4.39. The van der Waals surface area contributed by atoms with Crippen LogP contribution in [0.1, 0.15) is 36.3 Å². The fourth-order valence-electron chi connectivity index (χ4n) is 2.06. The van der Waals surface area contributed by atoms with E-state index in [0.717, 1.165) is 11.3 Å². The first-order valence-corrected chi connectivity index (χ1v) is 8.05. The fourth-order valence-corrected chi connectivity index (χ4v) is 3.02. The normalized spacial score (nSPS) is 10.3. The quantitative estimate of drug-likeness (QED) is 0.536. The van der Waals surface area contributed by atoms with Crippen molar-refractivity contribution in [1.82, 2.24) is 15.8 Å². The molecular weight excluding hydrogens is 344 g/mol. The highest BCUT2D eigenvalue weighted by molar-refractivity contribution is 7.18. The highest BCUT2D eigenvalue weighted by Crippen LogP contribution is 2.27. The maximum atomic E-state index is 12.2. The summed E-state index contributed by atoms with van der Waals surface area (Å²) < 4.78 is 5.02. The molecule has 3 heterocycles. The number of hydrogen-bond donors (Lipinski definition) is 4. The number of aromatic amines is 1. The van der Waals surface area contributed by atoms with Gasteiger partial charge in [-0.2, -0.15) is 0 Å². The molecule has 0 aliphatic heterocycles. The zero-order chi connectivity index (χ0) is 17.8. The summed E-state index contributed by atoms with van der Waals surface area (Å²) in [7, 11) is 0. The van der Waals surface area contributed by atoms with Gasteiger partial charge in [-0.05, 0) is 42.8 Å². The van der Waals surface area contributed by atoms with E-state index >= 15 is 0 Å². The van der Waals surface area contributed by atoms with Gasteiger partial charge in [0.1, 0.15) is 5.69 Å². The van der Waals surface area contributed by atoms with E-state index in [0.29, 0.717) is 21.1 Å². The predicted octanol–water partition coefficient (Wildman–Crippen LogP) is 2.30. The number of hydrogen-bond acceptors (Lipinski definition) is 5. The SMILES string of the molecule is Cc1cc(NC(=O)c2ccco2)sc1C(=O)NNC(=O)c1ccc[nH]1. The highest BCUT2D eigenvalue weighted by Gasteiger charge is 2.17. The van der Waals surface area contributed by atoms with Crippen molar-refractivity contribution in [2.24, 2.45) is 0 Å². The molecule has 3 aromatic heterocycles. The summed E-state index contributed by atoms with van der Waals surface area (Å²) >= 11 is 1.10. The molecule has 0 fully saturated rings. The van der Waals surface area contributed by atoms with Crippen molar-refractivity contribution < 1.29 is 18.8 Å². The number of nitrogens with one attached hydrogen (secondary N) is 4. The van der Waals surface area contributed by atoms with E-state index in [4.69, 9.17) is 4.42 Å². The molecular formula is C16H14N4O4S. The number of carbonyl (C=O) groups excluding carboxylic acids is 3. The molecule has 25 heavy (non-hydrogen) atoms. The van der Waals surface area contributed by atoms with Crippen molar-refractivity contribution in [2.75, 3.05) is 5.32 Å². The molecule has 4 N–H and O–H groups in total. The van der Waals surface area contributed by atoms with Crippen molar-refractivity contribution in [2.45, 2.75) is 6.92 Å². The van der Waals surface area contributed by atoms with Gasteiger partial charge in [0.25, 0.3) is 17.7 Å². The number of amides is 3. The van der Waals surface area contributed by atoms with Gasteiger partial charge >= 0.3 is 0 Å². The van der Waals surface area contributed by atoms with Crippen LogP contribution in [0.3, 0.4) is 0 Å². The summed E-state index contributed by atoms with van der Waals surface area (Å²) in [5, 5.41) is 3.16. The Balaban J connectivity index is 1.62. The van der Waals surface area contributed by atoms with E-state index < -0.39 is 17.7 Å². The molecule has 0 saturated carbocycles. The van der Waals surface area contributed by atoms with Gasteiger partial charge in [0.05, 0.1) is 16.1 Å². The van der Waals surface area contributed by atoms with Crippen LogP contribution in [-0.4, -0.2) is 22.7 Å². The van der Waals surface area contributed by atoms with Crippen LogP contribution >= 0.6 is 11.3 Å².